The molecular formula is C12H7FN2O2S. The Balaban J connectivity index is 2.03. The molecule has 0 N–H and O–H groups in total. The number of hydrogen-bond acceptors (Lipinski definition) is 4. The van der Waals surface area contributed by atoms with Gasteiger partial charge in [-0.2, -0.15) is 0 Å². The van der Waals surface area contributed by atoms with Gasteiger partial charge in [-0.15, -0.1) is 11.3 Å². The molecule has 1 aliphatic rings. The average Bonchev–Trinajstić information content (AvgIpc) is 2.93. The molecule has 0 saturated heterocycles. The van der Waals surface area contributed by atoms with Crippen molar-refractivity contribution < 1.29 is 14.0 Å². The summed E-state index contributed by atoms with van der Waals surface area (Å²) in [5, 5.41) is 1.79. The zero-order valence-corrected chi connectivity index (χ0v) is 9.91. The van der Waals surface area contributed by atoms with Gasteiger partial charge in [-0.1, -0.05) is 0 Å². The third-order valence-electron chi connectivity index (χ3n) is 2.74. The molecule has 0 radical (unpaired) electrons. The number of nitrogens with zero attached hydrogens (tertiary/aromatic N) is 2. The zero-order chi connectivity index (χ0) is 12.7. The number of hydrogen-bond donors (Lipinski definition) is 0. The van der Waals surface area contributed by atoms with Gasteiger partial charge >= 0.3 is 0 Å². The molecule has 1 aliphatic heterocycles. The van der Waals surface area contributed by atoms with Crippen LogP contribution in [0.2, 0.25) is 0 Å². The normalized spacial score (nSPS) is 14.2. The maximum atomic E-state index is 13.2. The van der Waals surface area contributed by atoms with E-state index in [2.05, 4.69) is 4.98 Å². The Kier molecular flexibility index (Phi) is 2.45. The van der Waals surface area contributed by atoms with Crippen molar-refractivity contribution in [3.8, 4) is 0 Å². The van der Waals surface area contributed by atoms with E-state index in [9.17, 15) is 14.0 Å². The molecule has 2 aromatic rings. The molecule has 2 heterocycles. The number of thiazole rings is 1. The molecule has 0 bridgehead atoms. The van der Waals surface area contributed by atoms with Crippen molar-refractivity contribution in [2.75, 3.05) is 4.90 Å². The molecule has 4 nitrogen and oxygen atoms in total. The van der Waals surface area contributed by atoms with Crippen molar-refractivity contribution in [1.29, 1.82) is 0 Å². The maximum Gasteiger partial charge on any atom is 0.299 e. The number of aromatic nitrogens is 1. The smallest absolute Gasteiger partial charge is 0.299 e. The van der Waals surface area contributed by atoms with Crippen molar-refractivity contribution in [1.82, 2.24) is 4.98 Å². The molecule has 6 heteroatoms. The van der Waals surface area contributed by atoms with Gasteiger partial charge in [-0.25, -0.2) is 9.37 Å². The van der Waals surface area contributed by atoms with Crippen LogP contribution in [0.15, 0.2) is 29.1 Å². The van der Waals surface area contributed by atoms with E-state index in [1.165, 1.54) is 34.4 Å². The van der Waals surface area contributed by atoms with Crippen LogP contribution < -0.4 is 4.90 Å². The highest BCUT2D eigenvalue weighted by molar-refractivity contribution is 7.07. The number of rotatable bonds is 2. The zero-order valence-electron chi connectivity index (χ0n) is 9.09. The molecular weight excluding hydrogens is 255 g/mol. The molecule has 3 rings (SSSR count). The predicted octanol–water partition coefficient (Wildman–Crippen LogP) is 2.01. The minimum absolute atomic E-state index is 0.185. The summed E-state index contributed by atoms with van der Waals surface area (Å²) < 4.78 is 13.2. The van der Waals surface area contributed by atoms with Gasteiger partial charge in [-0.3, -0.25) is 14.5 Å². The van der Waals surface area contributed by atoms with Crippen LogP contribution in [0.5, 0.6) is 0 Å². The summed E-state index contributed by atoms with van der Waals surface area (Å²) in [5.41, 5.74) is 2.89. The van der Waals surface area contributed by atoms with Crippen molar-refractivity contribution in [3.05, 3.63) is 46.2 Å². The SMILES string of the molecule is O=C1C(=O)N(Cc2cscn2)c2cc(F)ccc21. The second kappa shape index (κ2) is 3.99. The van der Waals surface area contributed by atoms with Gasteiger partial charge in [0, 0.05) is 5.38 Å². The first-order valence-electron chi connectivity index (χ1n) is 5.19. The lowest BCUT2D eigenvalue weighted by atomic mass is 10.1. The highest BCUT2D eigenvalue weighted by Gasteiger charge is 2.36. The number of amides is 1. The average molecular weight is 262 g/mol. The van der Waals surface area contributed by atoms with Crippen LogP contribution in [0.4, 0.5) is 10.1 Å². The first-order valence-corrected chi connectivity index (χ1v) is 6.14. The number of carbonyl (C=O) groups excluding carboxylic acids is 2. The van der Waals surface area contributed by atoms with Crippen LogP contribution in [0.25, 0.3) is 0 Å². The number of benzene rings is 1. The fourth-order valence-corrected chi connectivity index (χ4v) is 2.45. The second-order valence-electron chi connectivity index (χ2n) is 3.86. The van der Waals surface area contributed by atoms with Crippen LogP contribution in [-0.4, -0.2) is 16.7 Å². The lowest BCUT2D eigenvalue weighted by molar-refractivity contribution is -0.114. The number of Topliss-reactive ketones (excluding diaryl/α,β-unsaturated/α-hetero) is 1. The van der Waals surface area contributed by atoms with Gasteiger partial charge in [0.1, 0.15) is 5.82 Å². The van der Waals surface area contributed by atoms with E-state index < -0.39 is 17.5 Å². The Morgan fingerprint density at radius 3 is 2.89 bits per heavy atom. The molecule has 0 fully saturated rings. The van der Waals surface area contributed by atoms with E-state index in [0.29, 0.717) is 11.4 Å². The first-order chi connectivity index (χ1) is 8.66. The van der Waals surface area contributed by atoms with Crippen molar-refractivity contribution in [3.63, 3.8) is 0 Å². The molecule has 0 saturated carbocycles. The summed E-state index contributed by atoms with van der Waals surface area (Å²) in [6, 6.07) is 3.72. The topological polar surface area (TPSA) is 50.3 Å². The molecule has 18 heavy (non-hydrogen) atoms. The van der Waals surface area contributed by atoms with Crippen LogP contribution >= 0.6 is 11.3 Å². The molecule has 0 atom stereocenters. The lowest BCUT2D eigenvalue weighted by Crippen LogP contribution is -2.29. The van der Waals surface area contributed by atoms with E-state index in [0.717, 1.165) is 0 Å². The Morgan fingerprint density at radius 1 is 1.33 bits per heavy atom. The van der Waals surface area contributed by atoms with Crippen molar-refractivity contribution in [2.24, 2.45) is 0 Å². The molecule has 1 aromatic carbocycles. The van der Waals surface area contributed by atoms with Crippen LogP contribution in [0, 0.1) is 5.82 Å². The van der Waals surface area contributed by atoms with Crippen LogP contribution in [0.1, 0.15) is 16.1 Å². The van der Waals surface area contributed by atoms with Gasteiger partial charge in [0.25, 0.3) is 11.7 Å². The second-order valence-corrected chi connectivity index (χ2v) is 4.58. The van der Waals surface area contributed by atoms with Gasteiger partial charge in [0.15, 0.2) is 0 Å². The monoisotopic (exact) mass is 262 g/mol. The van der Waals surface area contributed by atoms with Gasteiger partial charge in [-0.05, 0) is 18.2 Å². The summed E-state index contributed by atoms with van der Waals surface area (Å²) in [5.74, 6) is -1.71. The van der Waals surface area contributed by atoms with Crippen molar-refractivity contribution in [2.45, 2.75) is 6.54 Å². The summed E-state index contributed by atoms with van der Waals surface area (Å²) in [6.45, 7) is 0.185. The third kappa shape index (κ3) is 1.62. The Morgan fingerprint density at radius 2 is 2.17 bits per heavy atom. The van der Waals surface area contributed by atoms with E-state index in [1.807, 2.05) is 0 Å². The lowest BCUT2D eigenvalue weighted by Gasteiger charge is -2.14. The molecule has 0 unspecified atom stereocenters. The predicted molar refractivity (Wildman–Crippen MR) is 64.0 cm³/mol. The maximum absolute atomic E-state index is 13.2. The Labute approximate surface area is 106 Å². The Bertz CT molecular complexity index is 640. The quantitative estimate of drug-likeness (QED) is 0.778. The van der Waals surface area contributed by atoms with E-state index in [-0.39, 0.29) is 12.1 Å². The minimum Gasteiger partial charge on any atom is -0.299 e. The number of anilines is 1. The third-order valence-corrected chi connectivity index (χ3v) is 3.37. The van der Waals surface area contributed by atoms with Crippen LogP contribution in [-0.2, 0) is 11.3 Å². The number of halogens is 1. The highest BCUT2D eigenvalue weighted by Crippen LogP contribution is 2.30. The minimum atomic E-state index is -0.636. The van der Waals surface area contributed by atoms with Crippen LogP contribution in [0.3, 0.4) is 0 Å². The fraction of sp³-hybridized carbons (Fsp3) is 0.0833. The fourth-order valence-electron chi connectivity index (χ4n) is 1.90. The molecule has 1 amide bonds. The summed E-state index contributed by atoms with van der Waals surface area (Å²) in [4.78, 5) is 28.9. The summed E-state index contributed by atoms with van der Waals surface area (Å²) >= 11 is 1.40. The highest BCUT2D eigenvalue weighted by atomic mass is 32.1. The van der Waals surface area contributed by atoms with Crippen molar-refractivity contribution >= 4 is 28.7 Å². The summed E-state index contributed by atoms with van der Waals surface area (Å²) in [6.07, 6.45) is 0. The first kappa shape index (κ1) is 11.0. The molecule has 0 spiro atoms. The largest absolute Gasteiger partial charge is 0.299 e. The molecule has 90 valence electrons. The van der Waals surface area contributed by atoms with Gasteiger partial charge in [0.05, 0.1) is 29.0 Å². The van der Waals surface area contributed by atoms with E-state index in [1.54, 1.807) is 10.9 Å². The number of carbonyl (C=O) groups is 2. The molecule has 0 aliphatic carbocycles. The van der Waals surface area contributed by atoms with Gasteiger partial charge < -0.3 is 0 Å². The number of fused-ring (bicyclic) bond motifs is 1. The van der Waals surface area contributed by atoms with Gasteiger partial charge in [0.2, 0.25) is 0 Å². The Hall–Kier alpha value is -2.08. The summed E-state index contributed by atoms with van der Waals surface area (Å²) in [7, 11) is 0. The standard InChI is InChI=1S/C12H7FN2O2S/c13-7-1-2-9-10(3-7)15(12(17)11(9)16)4-8-5-18-6-14-8/h1-3,5-6H,4H2. The number of ketones is 1. The van der Waals surface area contributed by atoms with E-state index in [4.69, 9.17) is 0 Å². The van der Waals surface area contributed by atoms with E-state index >= 15 is 0 Å². The molecule has 1 aromatic heterocycles.